The number of ether oxygens (including phenoxy) is 2. The first-order valence-electron chi connectivity index (χ1n) is 9.32. The topological polar surface area (TPSA) is 47.6 Å². The van der Waals surface area contributed by atoms with E-state index in [0.29, 0.717) is 6.61 Å². The van der Waals surface area contributed by atoms with Gasteiger partial charge in [0, 0.05) is 12.3 Å². The van der Waals surface area contributed by atoms with Crippen LogP contribution in [0.25, 0.3) is 0 Å². The van der Waals surface area contributed by atoms with Gasteiger partial charge in [-0.1, -0.05) is 32.6 Å². The number of carbonyl (C=O) groups excluding carboxylic acids is 1. The van der Waals surface area contributed by atoms with Crippen molar-refractivity contribution in [3.05, 3.63) is 24.3 Å². The second-order valence-electron chi connectivity index (χ2n) is 6.66. The summed E-state index contributed by atoms with van der Waals surface area (Å²) in [7, 11) is 0. The van der Waals surface area contributed by atoms with Gasteiger partial charge < -0.3 is 14.8 Å². The summed E-state index contributed by atoms with van der Waals surface area (Å²) in [6.45, 7) is 6.67. The number of carbonyl (C=O) groups is 1. The molecule has 1 amide bonds. The molecule has 2 rings (SSSR count). The number of rotatable bonds is 7. The van der Waals surface area contributed by atoms with E-state index in [0.717, 1.165) is 43.5 Å². The van der Waals surface area contributed by atoms with E-state index >= 15 is 0 Å². The van der Waals surface area contributed by atoms with Crippen molar-refractivity contribution in [2.24, 2.45) is 0 Å². The van der Waals surface area contributed by atoms with E-state index in [-0.39, 0.29) is 12.0 Å². The summed E-state index contributed by atoms with van der Waals surface area (Å²) in [4.78, 5) is 12.9. The van der Waals surface area contributed by atoms with Crippen LogP contribution in [-0.4, -0.2) is 24.2 Å². The molecule has 1 aromatic rings. The minimum atomic E-state index is -0.669. The maximum absolute atomic E-state index is 12.9. The molecule has 1 fully saturated rings. The first kappa shape index (κ1) is 18.8. The van der Waals surface area contributed by atoms with Crippen LogP contribution in [0.5, 0.6) is 5.75 Å². The van der Waals surface area contributed by atoms with Crippen LogP contribution < -0.4 is 10.1 Å². The SMILES string of the molecule is CCOC1(C(=O)Nc2ccc(O[C@@H](C)CC)cc2)CCCCCC1. The van der Waals surface area contributed by atoms with Gasteiger partial charge in [0.15, 0.2) is 0 Å². The third-order valence-electron chi connectivity index (χ3n) is 4.77. The number of hydrogen-bond donors (Lipinski definition) is 1. The summed E-state index contributed by atoms with van der Waals surface area (Å²) < 4.78 is 11.7. The van der Waals surface area contributed by atoms with E-state index in [1.165, 1.54) is 12.8 Å². The molecule has 1 aliphatic carbocycles. The van der Waals surface area contributed by atoms with Crippen molar-refractivity contribution in [2.45, 2.75) is 77.4 Å². The van der Waals surface area contributed by atoms with E-state index in [4.69, 9.17) is 9.47 Å². The molecule has 4 nitrogen and oxygen atoms in total. The quantitative estimate of drug-likeness (QED) is 0.720. The number of hydrogen-bond acceptors (Lipinski definition) is 3. The number of benzene rings is 1. The second-order valence-corrected chi connectivity index (χ2v) is 6.66. The van der Waals surface area contributed by atoms with Gasteiger partial charge in [-0.3, -0.25) is 4.79 Å². The summed E-state index contributed by atoms with van der Waals surface area (Å²) in [6, 6.07) is 7.60. The Balaban J connectivity index is 2.03. The van der Waals surface area contributed by atoms with Gasteiger partial charge in [0.2, 0.25) is 0 Å². The van der Waals surface area contributed by atoms with Crippen molar-refractivity contribution in [1.82, 2.24) is 0 Å². The van der Waals surface area contributed by atoms with Gasteiger partial charge >= 0.3 is 0 Å². The maximum Gasteiger partial charge on any atom is 0.256 e. The first-order chi connectivity index (χ1) is 11.6. The Kier molecular flexibility index (Phi) is 7.10. The lowest BCUT2D eigenvalue weighted by molar-refractivity contribution is -0.143. The molecule has 0 spiro atoms. The van der Waals surface area contributed by atoms with Crippen LogP contribution in [0.15, 0.2) is 24.3 Å². The zero-order valence-corrected chi connectivity index (χ0v) is 15.3. The Labute approximate surface area is 145 Å². The first-order valence-corrected chi connectivity index (χ1v) is 9.32. The zero-order chi connectivity index (χ0) is 17.4. The monoisotopic (exact) mass is 333 g/mol. The fourth-order valence-electron chi connectivity index (χ4n) is 3.19. The summed E-state index contributed by atoms with van der Waals surface area (Å²) in [5, 5.41) is 3.04. The average molecular weight is 333 g/mol. The van der Waals surface area contributed by atoms with E-state index in [9.17, 15) is 4.79 Å². The van der Waals surface area contributed by atoms with Crippen LogP contribution in [0.1, 0.15) is 65.7 Å². The molecule has 134 valence electrons. The van der Waals surface area contributed by atoms with Crippen LogP contribution >= 0.6 is 0 Å². The summed E-state index contributed by atoms with van der Waals surface area (Å²) >= 11 is 0. The van der Waals surface area contributed by atoms with Gasteiger partial charge in [0.25, 0.3) is 5.91 Å². The van der Waals surface area contributed by atoms with Gasteiger partial charge in [0.1, 0.15) is 11.4 Å². The highest BCUT2D eigenvalue weighted by atomic mass is 16.5. The predicted octanol–water partition coefficient (Wildman–Crippen LogP) is 4.93. The van der Waals surface area contributed by atoms with Gasteiger partial charge in [0.05, 0.1) is 6.10 Å². The molecule has 0 unspecified atom stereocenters. The highest BCUT2D eigenvalue weighted by molar-refractivity contribution is 5.97. The summed E-state index contributed by atoms with van der Waals surface area (Å²) in [6.07, 6.45) is 7.24. The van der Waals surface area contributed by atoms with E-state index < -0.39 is 5.60 Å². The summed E-state index contributed by atoms with van der Waals surface area (Å²) in [5.41, 5.74) is 0.122. The smallest absolute Gasteiger partial charge is 0.256 e. The van der Waals surface area contributed by atoms with E-state index in [1.807, 2.05) is 38.1 Å². The van der Waals surface area contributed by atoms with Gasteiger partial charge in [-0.05, 0) is 57.4 Å². The van der Waals surface area contributed by atoms with Gasteiger partial charge in [-0.15, -0.1) is 0 Å². The van der Waals surface area contributed by atoms with Crippen molar-refractivity contribution in [3.63, 3.8) is 0 Å². The van der Waals surface area contributed by atoms with E-state index in [1.54, 1.807) is 0 Å². The van der Waals surface area contributed by atoms with E-state index in [2.05, 4.69) is 12.2 Å². The third-order valence-corrected chi connectivity index (χ3v) is 4.77. The fraction of sp³-hybridized carbons (Fsp3) is 0.650. The van der Waals surface area contributed by atoms with Gasteiger partial charge in [-0.25, -0.2) is 0 Å². The van der Waals surface area contributed by atoms with Crippen LogP contribution in [0.3, 0.4) is 0 Å². The minimum absolute atomic E-state index is 0.0122. The molecule has 24 heavy (non-hydrogen) atoms. The number of nitrogens with one attached hydrogen (secondary N) is 1. The van der Waals surface area contributed by atoms with Crippen molar-refractivity contribution in [3.8, 4) is 5.75 Å². The Morgan fingerprint density at radius 1 is 1.12 bits per heavy atom. The molecule has 1 saturated carbocycles. The van der Waals surface area contributed by atoms with Crippen molar-refractivity contribution < 1.29 is 14.3 Å². The zero-order valence-electron chi connectivity index (χ0n) is 15.3. The van der Waals surface area contributed by atoms with Crippen molar-refractivity contribution >= 4 is 11.6 Å². The highest BCUT2D eigenvalue weighted by Gasteiger charge is 2.39. The molecule has 0 heterocycles. The van der Waals surface area contributed by atoms with Crippen LogP contribution in [-0.2, 0) is 9.53 Å². The molecular weight excluding hydrogens is 302 g/mol. The molecule has 0 aliphatic heterocycles. The largest absolute Gasteiger partial charge is 0.491 e. The normalized spacial score (nSPS) is 18.5. The second kappa shape index (κ2) is 9.07. The lowest BCUT2D eigenvalue weighted by atomic mass is 9.93. The molecule has 0 radical (unpaired) electrons. The molecule has 1 atom stereocenters. The Hall–Kier alpha value is -1.55. The summed E-state index contributed by atoms with van der Waals surface area (Å²) in [5.74, 6) is 0.818. The Morgan fingerprint density at radius 2 is 1.75 bits per heavy atom. The molecule has 1 aromatic carbocycles. The van der Waals surface area contributed by atoms with Crippen molar-refractivity contribution in [1.29, 1.82) is 0 Å². The van der Waals surface area contributed by atoms with Crippen LogP contribution in [0.2, 0.25) is 0 Å². The van der Waals surface area contributed by atoms with Gasteiger partial charge in [-0.2, -0.15) is 0 Å². The lowest BCUT2D eigenvalue weighted by Gasteiger charge is -2.31. The fourth-order valence-corrected chi connectivity index (χ4v) is 3.19. The number of amides is 1. The standard InChI is InChI=1S/C20H31NO3/c1-4-16(3)24-18-12-10-17(11-13-18)21-19(22)20(23-5-2)14-8-6-7-9-15-20/h10-13,16H,4-9,14-15H2,1-3H3,(H,21,22)/t16-/m0/s1. The molecule has 0 aromatic heterocycles. The van der Waals surface area contributed by atoms with Crippen molar-refractivity contribution in [2.75, 3.05) is 11.9 Å². The third kappa shape index (κ3) is 4.97. The lowest BCUT2D eigenvalue weighted by Crippen LogP contribution is -2.45. The van der Waals surface area contributed by atoms with Crippen LogP contribution in [0.4, 0.5) is 5.69 Å². The Morgan fingerprint density at radius 3 is 2.29 bits per heavy atom. The molecule has 0 saturated heterocycles. The minimum Gasteiger partial charge on any atom is -0.491 e. The van der Waals surface area contributed by atoms with Crippen LogP contribution in [0, 0.1) is 0 Å². The maximum atomic E-state index is 12.9. The average Bonchev–Trinajstić information content (AvgIpc) is 2.83. The molecular formula is C20H31NO3. The Bertz CT molecular complexity index is 504. The molecule has 1 N–H and O–H groups in total. The highest BCUT2D eigenvalue weighted by Crippen LogP contribution is 2.32. The predicted molar refractivity (Wildman–Crippen MR) is 97.5 cm³/mol. The molecule has 4 heteroatoms. The molecule has 0 bridgehead atoms. The molecule has 1 aliphatic rings. The number of anilines is 1.